The molecule has 0 radical (unpaired) electrons. The van der Waals surface area contributed by atoms with Crippen LogP contribution in [-0.2, 0) is 17.8 Å². The van der Waals surface area contributed by atoms with Gasteiger partial charge in [-0.1, -0.05) is 37.0 Å². The minimum atomic E-state index is -0.267. The first-order chi connectivity index (χ1) is 18.8. The highest BCUT2D eigenvalue weighted by Gasteiger charge is 2.33. The molecular formula is C29H34N4O4S2. The maximum Gasteiger partial charge on any atom is 0.270 e. The van der Waals surface area contributed by atoms with Crippen LogP contribution in [0.5, 0.6) is 11.5 Å². The van der Waals surface area contributed by atoms with E-state index in [2.05, 4.69) is 11.0 Å². The van der Waals surface area contributed by atoms with Crippen LogP contribution in [0.15, 0.2) is 27.9 Å². The Bertz CT molecular complexity index is 1400. The van der Waals surface area contributed by atoms with Crippen LogP contribution >= 0.6 is 24.0 Å². The molecule has 206 valence electrons. The van der Waals surface area contributed by atoms with E-state index in [4.69, 9.17) is 21.7 Å². The Balaban J connectivity index is 1.69. The van der Waals surface area contributed by atoms with Crippen molar-refractivity contribution < 1.29 is 14.3 Å². The molecule has 2 aliphatic rings. The van der Waals surface area contributed by atoms with Crippen molar-refractivity contribution in [3.8, 4) is 17.6 Å². The number of hydrogen-bond acceptors (Lipinski definition) is 8. The third-order valence-corrected chi connectivity index (χ3v) is 8.55. The number of hydrogen-bond donors (Lipinski definition) is 0. The van der Waals surface area contributed by atoms with Crippen molar-refractivity contribution >= 4 is 46.1 Å². The van der Waals surface area contributed by atoms with Crippen LogP contribution in [0.25, 0.3) is 6.08 Å². The normalized spacial score (nSPS) is 16.6. The minimum absolute atomic E-state index is 0.124. The van der Waals surface area contributed by atoms with Gasteiger partial charge in [-0.15, -0.1) is 0 Å². The first kappa shape index (κ1) is 28.7. The Hall–Kier alpha value is -3.29. The van der Waals surface area contributed by atoms with E-state index in [0.717, 1.165) is 55.7 Å². The molecule has 0 bridgehead atoms. The van der Waals surface area contributed by atoms with E-state index in [1.54, 1.807) is 30.6 Å². The average Bonchev–Trinajstić information content (AvgIpc) is 3.22. The molecule has 2 aliphatic heterocycles. The summed E-state index contributed by atoms with van der Waals surface area (Å²) in [5.74, 6) is 1.92. The van der Waals surface area contributed by atoms with Gasteiger partial charge in [-0.2, -0.15) is 5.26 Å². The van der Waals surface area contributed by atoms with E-state index < -0.39 is 0 Å². The number of benzene rings is 1. The molecule has 1 amide bonds. The molecule has 8 nitrogen and oxygen atoms in total. The summed E-state index contributed by atoms with van der Waals surface area (Å²) in [5, 5.41) is 9.85. The summed E-state index contributed by atoms with van der Waals surface area (Å²) in [7, 11) is 3.19. The number of carbonyl (C=O) groups excluding carboxylic acids is 1. The van der Waals surface area contributed by atoms with Gasteiger partial charge in [0.2, 0.25) is 0 Å². The van der Waals surface area contributed by atoms with Gasteiger partial charge < -0.3 is 14.4 Å². The van der Waals surface area contributed by atoms with Crippen molar-refractivity contribution in [3.63, 3.8) is 0 Å². The lowest BCUT2D eigenvalue weighted by molar-refractivity contribution is -0.122. The Kier molecular flexibility index (Phi) is 9.36. The summed E-state index contributed by atoms with van der Waals surface area (Å²) >= 11 is 6.87. The lowest BCUT2D eigenvalue weighted by atomic mass is 10.0. The summed E-state index contributed by atoms with van der Waals surface area (Å²) in [6, 6.07) is 7.81. The van der Waals surface area contributed by atoms with Gasteiger partial charge in [0.05, 0.1) is 19.1 Å². The lowest BCUT2D eigenvalue weighted by Gasteiger charge is -2.33. The van der Waals surface area contributed by atoms with Gasteiger partial charge in [-0.05, 0) is 68.4 Å². The number of thiocarbonyl (C=S) groups is 1. The van der Waals surface area contributed by atoms with Crippen LogP contribution in [0.4, 0.5) is 5.82 Å². The van der Waals surface area contributed by atoms with Gasteiger partial charge in [0.25, 0.3) is 11.5 Å². The minimum Gasteiger partial charge on any atom is -0.493 e. The number of amides is 1. The number of carbonyl (C=O) groups is 1. The molecule has 2 aromatic rings. The maximum absolute atomic E-state index is 13.6. The molecule has 0 spiro atoms. The van der Waals surface area contributed by atoms with Crippen molar-refractivity contribution in [2.75, 3.05) is 38.8 Å². The standard InChI is InChI=1S/C29H34N4O4S2/c1-5-12-32-26(31-13-7-6-8-14-31)21(19(2)22(18-30)27(32)34)17-25-28(35)33(29(38)39-25)15-11-20-9-10-23(36-3)24(16-20)37-4/h9-10,16-17H,5-8,11-15H2,1-4H3/b25-17+. The molecule has 0 N–H and O–H groups in total. The molecule has 2 fully saturated rings. The number of rotatable bonds is 9. The van der Waals surface area contributed by atoms with Crippen molar-refractivity contribution in [2.24, 2.45) is 0 Å². The summed E-state index contributed by atoms with van der Waals surface area (Å²) in [6.07, 6.45) is 6.41. The molecule has 0 unspecified atom stereocenters. The van der Waals surface area contributed by atoms with Gasteiger partial charge in [-0.3, -0.25) is 19.1 Å². The number of thioether (sulfide) groups is 1. The summed E-state index contributed by atoms with van der Waals surface area (Å²) in [5.41, 5.74) is 2.21. The van der Waals surface area contributed by atoms with Crippen molar-refractivity contribution in [3.05, 3.63) is 55.7 Å². The number of methoxy groups -OCH3 is 2. The van der Waals surface area contributed by atoms with Gasteiger partial charge in [-0.25, -0.2) is 0 Å². The molecule has 0 saturated carbocycles. The third-order valence-electron chi connectivity index (χ3n) is 7.17. The Morgan fingerprint density at radius 2 is 1.82 bits per heavy atom. The molecule has 3 heterocycles. The SMILES string of the molecule is CCCn1c(N2CCCCC2)c(/C=C2/SC(=S)N(CCc3ccc(OC)c(OC)c3)C2=O)c(C)c(C#N)c1=O. The highest BCUT2D eigenvalue weighted by atomic mass is 32.2. The second-order valence-corrected chi connectivity index (χ2v) is 11.3. The van der Waals surface area contributed by atoms with Gasteiger partial charge >= 0.3 is 0 Å². The maximum atomic E-state index is 13.6. The van der Waals surface area contributed by atoms with Crippen molar-refractivity contribution in [2.45, 2.75) is 52.5 Å². The third kappa shape index (κ3) is 5.85. The number of pyridine rings is 1. The number of piperidine rings is 1. The summed E-state index contributed by atoms with van der Waals surface area (Å²) < 4.78 is 12.9. The molecule has 1 aromatic heterocycles. The number of ether oxygens (including phenoxy) is 2. The highest BCUT2D eigenvalue weighted by Crippen LogP contribution is 2.37. The monoisotopic (exact) mass is 566 g/mol. The first-order valence-electron chi connectivity index (χ1n) is 13.2. The second-order valence-electron chi connectivity index (χ2n) is 9.63. The van der Waals surface area contributed by atoms with Crippen LogP contribution < -0.4 is 19.9 Å². The number of nitrogens with zero attached hydrogens (tertiary/aromatic N) is 4. The number of anilines is 1. The van der Waals surface area contributed by atoms with E-state index in [1.165, 1.54) is 11.8 Å². The van der Waals surface area contributed by atoms with Crippen LogP contribution in [0.1, 0.15) is 54.9 Å². The lowest BCUT2D eigenvalue weighted by Crippen LogP contribution is -2.37. The molecule has 4 rings (SSSR count). The largest absolute Gasteiger partial charge is 0.493 e. The second kappa shape index (κ2) is 12.7. The van der Waals surface area contributed by atoms with E-state index in [9.17, 15) is 14.9 Å². The zero-order chi connectivity index (χ0) is 28.1. The molecule has 10 heteroatoms. The fraction of sp³-hybridized carbons (Fsp3) is 0.448. The highest BCUT2D eigenvalue weighted by molar-refractivity contribution is 8.26. The Labute approximate surface area is 239 Å². The summed E-state index contributed by atoms with van der Waals surface area (Å²) in [4.78, 5) is 31.2. The molecule has 2 saturated heterocycles. The molecule has 0 atom stereocenters. The van der Waals surface area contributed by atoms with Gasteiger partial charge in [0.1, 0.15) is 21.8 Å². The van der Waals surface area contributed by atoms with E-state index in [0.29, 0.717) is 45.8 Å². The van der Waals surface area contributed by atoms with E-state index in [1.807, 2.05) is 31.2 Å². The first-order valence-corrected chi connectivity index (χ1v) is 14.5. The molecular weight excluding hydrogens is 532 g/mol. The molecule has 0 aliphatic carbocycles. The summed E-state index contributed by atoms with van der Waals surface area (Å²) in [6.45, 7) is 6.42. The number of aromatic nitrogens is 1. The smallest absolute Gasteiger partial charge is 0.270 e. The quantitative estimate of drug-likeness (QED) is 0.313. The number of nitriles is 1. The average molecular weight is 567 g/mol. The predicted octanol–water partition coefficient (Wildman–Crippen LogP) is 4.89. The zero-order valence-electron chi connectivity index (χ0n) is 22.9. The van der Waals surface area contributed by atoms with Crippen LogP contribution in [0.3, 0.4) is 0 Å². The topological polar surface area (TPSA) is 87.8 Å². The van der Waals surface area contributed by atoms with Crippen LogP contribution in [0, 0.1) is 18.3 Å². The van der Waals surface area contributed by atoms with Crippen molar-refractivity contribution in [1.82, 2.24) is 9.47 Å². The van der Waals surface area contributed by atoms with Gasteiger partial charge in [0, 0.05) is 31.7 Å². The van der Waals surface area contributed by atoms with E-state index in [-0.39, 0.29) is 17.0 Å². The Morgan fingerprint density at radius 3 is 2.46 bits per heavy atom. The molecule has 1 aromatic carbocycles. The zero-order valence-corrected chi connectivity index (χ0v) is 24.5. The van der Waals surface area contributed by atoms with Gasteiger partial charge in [0.15, 0.2) is 11.5 Å². The Morgan fingerprint density at radius 1 is 1.10 bits per heavy atom. The molecule has 39 heavy (non-hydrogen) atoms. The predicted molar refractivity (Wildman–Crippen MR) is 160 cm³/mol. The fourth-order valence-corrected chi connectivity index (χ4v) is 6.41. The van der Waals surface area contributed by atoms with Crippen molar-refractivity contribution in [1.29, 1.82) is 5.26 Å². The fourth-order valence-electron chi connectivity index (χ4n) is 5.12. The van der Waals surface area contributed by atoms with Crippen LogP contribution in [0.2, 0.25) is 0 Å². The van der Waals surface area contributed by atoms with E-state index >= 15 is 0 Å². The van der Waals surface area contributed by atoms with Crippen LogP contribution in [-0.4, -0.2) is 53.5 Å².